The summed E-state index contributed by atoms with van der Waals surface area (Å²) in [5.41, 5.74) is 4.16. The largest absolute Gasteiger partial charge is 0.306 e. The second kappa shape index (κ2) is 6.95. The zero-order valence-electron chi connectivity index (χ0n) is 13.2. The van der Waals surface area contributed by atoms with Crippen LogP contribution in [0.4, 0.5) is 0 Å². The van der Waals surface area contributed by atoms with Crippen molar-refractivity contribution in [2.24, 2.45) is 5.92 Å². The Labute approximate surface area is 133 Å². The number of quaternary nitrogens is 1. The van der Waals surface area contributed by atoms with Gasteiger partial charge in [-0.3, -0.25) is 0 Å². The number of hydrogen-bond donors (Lipinski definition) is 1. The van der Waals surface area contributed by atoms with E-state index >= 15 is 0 Å². The SMILES string of the molecule is N#CC(C#N)=C1C=C2C=C([NH+]3CCCCCC3)CC[C@H]2CC1. The Hall–Kier alpha value is -1.84. The molecule has 3 nitrogen and oxygen atoms in total. The van der Waals surface area contributed by atoms with E-state index in [2.05, 4.69) is 12.2 Å². The fraction of sp³-hybridized carbons (Fsp3) is 0.579. The van der Waals surface area contributed by atoms with Gasteiger partial charge in [-0.25, -0.2) is 0 Å². The van der Waals surface area contributed by atoms with Crippen molar-refractivity contribution in [3.8, 4) is 12.1 Å². The van der Waals surface area contributed by atoms with Crippen molar-refractivity contribution in [3.05, 3.63) is 34.6 Å². The van der Waals surface area contributed by atoms with Crippen LogP contribution in [-0.4, -0.2) is 13.1 Å². The Morgan fingerprint density at radius 1 is 0.955 bits per heavy atom. The van der Waals surface area contributed by atoms with Crippen molar-refractivity contribution >= 4 is 0 Å². The number of nitriles is 2. The molecule has 2 aliphatic carbocycles. The van der Waals surface area contributed by atoms with Crippen LogP contribution < -0.4 is 4.90 Å². The average molecular weight is 294 g/mol. The van der Waals surface area contributed by atoms with Crippen LogP contribution in [0, 0.1) is 28.6 Å². The highest BCUT2D eigenvalue weighted by atomic mass is 15.1. The molecule has 0 aromatic rings. The lowest BCUT2D eigenvalue weighted by Gasteiger charge is -2.31. The Morgan fingerprint density at radius 3 is 2.32 bits per heavy atom. The van der Waals surface area contributed by atoms with Gasteiger partial charge in [0.05, 0.1) is 13.1 Å². The van der Waals surface area contributed by atoms with Gasteiger partial charge >= 0.3 is 0 Å². The summed E-state index contributed by atoms with van der Waals surface area (Å²) in [5.74, 6) is 0.637. The molecule has 3 aliphatic rings. The molecule has 1 aliphatic heterocycles. The van der Waals surface area contributed by atoms with E-state index < -0.39 is 0 Å². The fourth-order valence-corrected chi connectivity index (χ4v) is 4.08. The first kappa shape index (κ1) is 15.1. The highest BCUT2D eigenvalue weighted by Gasteiger charge is 2.28. The molecule has 0 unspecified atom stereocenters. The predicted molar refractivity (Wildman–Crippen MR) is 85.5 cm³/mol. The Bertz CT molecular complexity index is 586. The maximum atomic E-state index is 9.08. The minimum Gasteiger partial charge on any atom is -0.306 e. The van der Waals surface area contributed by atoms with Crippen LogP contribution in [0.2, 0.25) is 0 Å². The van der Waals surface area contributed by atoms with E-state index in [4.69, 9.17) is 10.5 Å². The minimum absolute atomic E-state index is 0.300. The first-order valence-electron chi connectivity index (χ1n) is 8.62. The van der Waals surface area contributed by atoms with E-state index in [0.717, 1.165) is 18.4 Å². The second-order valence-electron chi connectivity index (χ2n) is 6.73. The molecule has 0 spiro atoms. The zero-order chi connectivity index (χ0) is 15.4. The molecule has 0 amide bonds. The molecule has 0 saturated carbocycles. The smallest absolute Gasteiger partial charge is 0.132 e. The topological polar surface area (TPSA) is 52.0 Å². The van der Waals surface area contributed by atoms with Crippen LogP contribution in [0.1, 0.15) is 51.4 Å². The molecule has 3 heteroatoms. The standard InChI is InChI=1S/C19H23N3/c20-13-18(14-21)16-6-5-15-7-8-19(12-17(15)11-16)22-9-3-1-2-4-10-22/h11-12,15H,1-10H2/p+1/t15-/m1/s1. The molecule has 1 atom stereocenters. The number of rotatable bonds is 1. The number of hydrogen-bond acceptors (Lipinski definition) is 2. The van der Waals surface area contributed by atoms with Gasteiger partial charge in [0, 0.05) is 6.42 Å². The Balaban J connectivity index is 1.87. The molecule has 1 heterocycles. The molecule has 0 aromatic heterocycles. The lowest BCUT2D eigenvalue weighted by Crippen LogP contribution is -3.10. The van der Waals surface area contributed by atoms with Gasteiger partial charge in [0.15, 0.2) is 0 Å². The van der Waals surface area contributed by atoms with Gasteiger partial charge in [0.2, 0.25) is 0 Å². The molecular weight excluding hydrogens is 270 g/mol. The number of fused-ring (bicyclic) bond motifs is 1. The molecule has 114 valence electrons. The predicted octanol–water partition coefficient (Wildman–Crippen LogP) is 2.80. The Kier molecular flexibility index (Phi) is 4.76. The Morgan fingerprint density at radius 2 is 1.64 bits per heavy atom. The summed E-state index contributed by atoms with van der Waals surface area (Å²) in [5, 5.41) is 18.2. The highest BCUT2D eigenvalue weighted by molar-refractivity contribution is 5.49. The van der Waals surface area contributed by atoms with Crippen LogP contribution in [-0.2, 0) is 0 Å². The molecule has 0 bridgehead atoms. The van der Waals surface area contributed by atoms with Crippen LogP contribution in [0.15, 0.2) is 34.6 Å². The zero-order valence-corrected chi connectivity index (χ0v) is 13.2. The molecule has 3 rings (SSSR count). The van der Waals surface area contributed by atoms with Crippen LogP contribution in [0.25, 0.3) is 0 Å². The first-order valence-corrected chi connectivity index (χ1v) is 8.62. The maximum Gasteiger partial charge on any atom is 0.132 e. The number of nitrogens with one attached hydrogen (secondary N) is 1. The summed E-state index contributed by atoms with van der Waals surface area (Å²) in [7, 11) is 0. The summed E-state index contributed by atoms with van der Waals surface area (Å²) in [6.07, 6.45) is 14.4. The van der Waals surface area contributed by atoms with E-state index in [1.54, 1.807) is 10.6 Å². The van der Waals surface area contributed by atoms with Crippen molar-refractivity contribution in [2.45, 2.75) is 51.4 Å². The van der Waals surface area contributed by atoms with E-state index in [1.807, 2.05) is 12.1 Å². The van der Waals surface area contributed by atoms with Crippen molar-refractivity contribution in [1.29, 1.82) is 10.5 Å². The quantitative estimate of drug-likeness (QED) is 0.756. The van der Waals surface area contributed by atoms with Crippen molar-refractivity contribution in [3.63, 3.8) is 0 Å². The molecule has 0 radical (unpaired) electrons. The summed E-state index contributed by atoms with van der Waals surface area (Å²) in [4.78, 5) is 1.67. The second-order valence-corrected chi connectivity index (χ2v) is 6.73. The molecule has 0 aromatic carbocycles. The van der Waals surface area contributed by atoms with Gasteiger partial charge in [0.25, 0.3) is 0 Å². The maximum absolute atomic E-state index is 9.08. The van der Waals surface area contributed by atoms with E-state index in [9.17, 15) is 0 Å². The molecule has 22 heavy (non-hydrogen) atoms. The van der Waals surface area contributed by atoms with E-state index in [0.29, 0.717) is 11.5 Å². The van der Waals surface area contributed by atoms with E-state index in [1.165, 1.54) is 57.2 Å². The van der Waals surface area contributed by atoms with Gasteiger partial charge in [-0.15, -0.1) is 0 Å². The van der Waals surface area contributed by atoms with Crippen LogP contribution in [0.3, 0.4) is 0 Å². The fourth-order valence-electron chi connectivity index (χ4n) is 4.08. The lowest BCUT2D eigenvalue weighted by molar-refractivity contribution is -0.861. The van der Waals surface area contributed by atoms with Crippen molar-refractivity contribution in [1.82, 2.24) is 0 Å². The molecule has 1 N–H and O–H groups in total. The summed E-state index contributed by atoms with van der Waals surface area (Å²) >= 11 is 0. The number of nitrogens with zero attached hydrogens (tertiary/aromatic N) is 2. The summed E-state index contributed by atoms with van der Waals surface area (Å²) in [6.45, 7) is 2.54. The van der Waals surface area contributed by atoms with Crippen LogP contribution >= 0.6 is 0 Å². The average Bonchev–Trinajstić information content (AvgIpc) is 2.84. The number of likely N-dealkylation sites (tertiary alicyclic amines) is 1. The number of allylic oxidation sites excluding steroid dienone is 6. The van der Waals surface area contributed by atoms with Gasteiger partial charge in [-0.05, 0) is 68.1 Å². The summed E-state index contributed by atoms with van der Waals surface area (Å²) in [6, 6.07) is 4.10. The molecule has 1 fully saturated rings. The van der Waals surface area contributed by atoms with Crippen molar-refractivity contribution in [2.75, 3.05) is 13.1 Å². The summed E-state index contributed by atoms with van der Waals surface area (Å²) < 4.78 is 0. The molecule has 1 saturated heterocycles. The lowest BCUT2D eigenvalue weighted by atomic mass is 9.77. The van der Waals surface area contributed by atoms with Gasteiger partial charge in [-0.1, -0.05) is 6.08 Å². The minimum atomic E-state index is 0.300. The van der Waals surface area contributed by atoms with Gasteiger partial charge in [0.1, 0.15) is 23.4 Å². The first-order chi connectivity index (χ1) is 10.8. The van der Waals surface area contributed by atoms with Crippen LogP contribution in [0.5, 0.6) is 0 Å². The third-order valence-electron chi connectivity index (χ3n) is 5.38. The van der Waals surface area contributed by atoms with E-state index in [-0.39, 0.29) is 0 Å². The third kappa shape index (κ3) is 3.16. The monoisotopic (exact) mass is 294 g/mol. The normalized spacial score (nSPS) is 25.9. The van der Waals surface area contributed by atoms with Crippen molar-refractivity contribution < 1.29 is 4.90 Å². The van der Waals surface area contributed by atoms with Gasteiger partial charge < -0.3 is 4.90 Å². The molecular formula is C19H24N3+. The van der Waals surface area contributed by atoms with Gasteiger partial charge in [-0.2, -0.15) is 10.5 Å². The highest BCUT2D eigenvalue weighted by Crippen LogP contribution is 2.37. The third-order valence-corrected chi connectivity index (χ3v) is 5.38.